The van der Waals surface area contributed by atoms with Crippen molar-refractivity contribution in [3.63, 3.8) is 0 Å². The van der Waals surface area contributed by atoms with E-state index in [1.165, 1.54) is 38.5 Å². The van der Waals surface area contributed by atoms with Crippen molar-refractivity contribution in [1.82, 2.24) is 19.5 Å². The fourth-order valence-corrected chi connectivity index (χ4v) is 4.67. The average molecular weight is 357 g/mol. The summed E-state index contributed by atoms with van der Waals surface area (Å²) in [6.45, 7) is 9.76. The second-order valence-corrected chi connectivity index (χ2v) is 8.41. The minimum absolute atomic E-state index is 0.515. The van der Waals surface area contributed by atoms with Gasteiger partial charge in [0.05, 0.1) is 6.33 Å². The summed E-state index contributed by atoms with van der Waals surface area (Å²) in [5.74, 6) is 3.16. The first-order valence-electron chi connectivity index (χ1n) is 10.4. The van der Waals surface area contributed by atoms with Gasteiger partial charge in [0.25, 0.3) is 0 Å². The third kappa shape index (κ3) is 3.51. The minimum Gasteiger partial charge on any atom is -0.365 e. The molecule has 2 aromatic heterocycles. The van der Waals surface area contributed by atoms with Gasteiger partial charge in [-0.05, 0) is 38.0 Å². The van der Waals surface area contributed by atoms with Crippen LogP contribution >= 0.6 is 0 Å². The van der Waals surface area contributed by atoms with Crippen LogP contribution in [-0.2, 0) is 6.54 Å². The first-order valence-corrected chi connectivity index (χ1v) is 10.4. The molecule has 1 N–H and O–H groups in total. The molecule has 2 fully saturated rings. The molecular formula is C20H32N6. The number of imidazole rings is 1. The number of aromatic nitrogens is 4. The predicted molar refractivity (Wildman–Crippen MR) is 107 cm³/mol. The fraction of sp³-hybridized carbons (Fsp3) is 0.750. The predicted octanol–water partition coefficient (Wildman–Crippen LogP) is 4.07. The molecule has 26 heavy (non-hydrogen) atoms. The van der Waals surface area contributed by atoms with Crippen molar-refractivity contribution in [3.8, 4) is 0 Å². The summed E-state index contributed by atoms with van der Waals surface area (Å²) < 4.78 is 2.13. The molecule has 0 spiro atoms. The maximum Gasteiger partial charge on any atom is 0.229 e. The highest BCUT2D eigenvalue weighted by Gasteiger charge is 2.26. The molecular weight excluding hydrogens is 324 g/mol. The zero-order chi connectivity index (χ0) is 18.1. The normalized spacial score (nSPS) is 25.0. The monoisotopic (exact) mass is 356 g/mol. The molecule has 6 nitrogen and oxygen atoms in total. The van der Waals surface area contributed by atoms with E-state index in [-0.39, 0.29) is 0 Å². The fourth-order valence-electron chi connectivity index (χ4n) is 4.67. The van der Waals surface area contributed by atoms with Crippen LogP contribution in [0.15, 0.2) is 6.33 Å². The van der Waals surface area contributed by atoms with Crippen LogP contribution in [0.4, 0.5) is 11.8 Å². The van der Waals surface area contributed by atoms with Gasteiger partial charge in [-0.1, -0.05) is 33.1 Å². The molecule has 0 amide bonds. The highest BCUT2D eigenvalue weighted by molar-refractivity contribution is 5.84. The van der Waals surface area contributed by atoms with Crippen molar-refractivity contribution in [1.29, 1.82) is 0 Å². The summed E-state index contributed by atoms with van der Waals surface area (Å²) in [6.07, 6.45) is 9.62. The Bertz CT molecular complexity index is 738. The van der Waals surface area contributed by atoms with E-state index in [0.29, 0.717) is 17.9 Å². The lowest BCUT2D eigenvalue weighted by Gasteiger charge is -2.35. The first kappa shape index (κ1) is 17.6. The smallest absolute Gasteiger partial charge is 0.229 e. The lowest BCUT2D eigenvalue weighted by atomic mass is 9.92. The second kappa shape index (κ2) is 7.41. The highest BCUT2D eigenvalue weighted by Crippen LogP contribution is 2.29. The van der Waals surface area contributed by atoms with E-state index in [1.807, 2.05) is 6.33 Å². The Morgan fingerprint density at radius 2 is 1.81 bits per heavy atom. The molecule has 1 aliphatic heterocycles. The third-order valence-corrected chi connectivity index (χ3v) is 5.89. The SMILES string of the molecule is CCn1cnc2c(NC3CCCCC3)nc(N3CC(C)CC(C)C3)nc21. The maximum absolute atomic E-state index is 4.96. The van der Waals surface area contributed by atoms with Crippen molar-refractivity contribution >= 4 is 22.9 Å². The molecule has 4 rings (SSSR count). The van der Waals surface area contributed by atoms with Gasteiger partial charge < -0.3 is 14.8 Å². The molecule has 0 radical (unpaired) electrons. The summed E-state index contributed by atoms with van der Waals surface area (Å²) in [6, 6.07) is 0.515. The van der Waals surface area contributed by atoms with Crippen LogP contribution in [0.25, 0.3) is 11.2 Å². The standard InChI is InChI=1S/C20H32N6/c1-4-25-13-21-17-18(22-16-8-6-5-7-9-16)23-20(24-19(17)25)26-11-14(2)10-15(3)12-26/h13-16H,4-12H2,1-3H3,(H,22,23,24). The van der Waals surface area contributed by atoms with Gasteiger partial charge in [-0.25, -0.2) is 4.98 Å². The Kier molecular flexibility index (Phi) is 5.00. The van der Waals surface area contributed by atoms with Crippen molar-refractivity contribution in [3.05, 3.63) is 6.33 Å². The molecule has 1 saturated carbocycles. The van der Waals surface area contributed by atoms with E-state index >= 15 is 0 Å². The molecule has 0 bridgehead atoms. The topological polar surface area (TPSA) is 58.9 Å². The molecule has 2 atom stereocenters. The summed E-state index contributed by atoms with van der Waals surface area (Å²) in [5, 5.41) is 3.71. The minimum atomic E-state index is 0.515. The van der Waals surface area contributed by atoms with Crippen LogP contribution in [0.5, 0.6) is 0 Å². The maximum atomic E-state index is 4.96. The Morgan fingerprint density at radius 1 is 1.08 bits per heavy atom. The number of fused-ring (bicyclic) bond motifs is 1. The average Bonchev–Trinajstić information content (AvgIpc) is 3.05. The highest BCUT2D eigenvalue weighted by atomic mass is 15.3. The third-order valence-electron chi connectivity index (χ3n) is 5.89. The van der Waals surface area contributed by atoms with Gasteiger partial charge in [-0.2, -0.15) is 9.97 Å². The van der Waals surface area contributed by atoms with E-state index in [0.717, 1.165) is 42.6 Å². The summed E-state index contributed by atoms with van der Waals surface area (Å²) in [4.78, 5) is 16.9. The van der Waals surface area contributed by atoms with Gasteiger partial charge in [0, 0.05) is 25.7 Å². The van der Waals surface area contributed by atoms with Gasteiger partial charge in [-0.3, -0.25) is 0 Å². The van der Waals surface area contributed by atoms with Gasteiger partial charge >= 0.3 is 0 Å². The summed E-state index contributed by atoms with van der Waals surface area (Å²) in [7, 11) is 0. The number of nitrogens with one attached hydrogen (secondary N) is 1. The molecule has 0 aromatic carbocycles. The zero-order valence-corrected chi connectivity index (χ0v) is 16.4. The number of hydrogen-bond acceptors (Lipinski definition) is 5. The van der Waals surface area contributed by atoms with Gasteiger partial charge in [0.15, 0.2) is 17.0 Å². The van der Waals surface area contributed by atoms with Gasteiger partial charge in [0.1, 0.15) is 0 Å². The van der Waals surface area contributed by atoms with Crippen molar-refractivity contribution in [2.45, 2.75) is 71.9 Å². The van der Waals surface area contributed by atoms with E-state index in [9.17, 15) is 0 Å². The molecule has 142 valence electrons. The van der Waals surface area contributed by atoms with Crippen LogP contribution in [-0.4, -0.2) is 38.7 Å². The zero-order valence-electron chi connectivity index (χ0n) is 16.4. The number of aryl methyl sites for hydroxylation is 1. The Labute approximate surface area is 156 Å². The Hall–Kier alpha value is -1.85. The largest absolute Gasteiger partial charge is 0.365 e. The lowest BCUT2D eigenvalue weighted by Crippen LogP contribution is -2.40. The summed E-state index contributed by atoms with van der Waals surface area (Å²) >= 11 is 0. The number of piperidine rings is 1. The Balaban J connectivity index is 1.70. The van der Waals surface area contributed by atoms with E-state index in [1.54, 1.807) is 0 Å². The molecule has 6 heteroatoms. The molecule has 2 unspecified atom stereocenters. The molecule has 3 heterocycles. The number of hydrogen-bond donors (Lipinski definition) is 1. The molecule has 1 aliphatic carbocycles. The van der Waals surface area contributed by atoms with Crippen LogP contribution in [0, 0.1) is 11.8 Å². The number of rotatable bonds is 4. The van der Waals surface area contributed by atoms with Crippen molar-refractivity contribution < 1.29 is 0 Å². The van der Waals surface area contributed by atoms with Gasteiger partial charge in [-0.15, -0.1) is 0 Å². The second-order valence-electron chi connectivity index (χ2n) is 8.41. The van der Waals surface area contributed by atoms with Crippen LogP contribution in [0.1, 0.15) is 59.3 Å². The Morgan fingerprint density at radius 3 is 2.50 bits per heavy atom. The van der Waals surface area contributed by atoms with Crippen molar-refractivity contribution in [2.24, 2.45) is 11.8 Å². The summed E-state index contributed by atoms with van der Waals surface area (Å²) in [5.41, 5.74) is 1.88. The van der Waals surface area contributed by atoms with E-state index < -0.39 is 0 Å². The molecule has 1 saturated heterocycles. The number of anilines is 2. The van der Waals surface area contributed by atoms with Gasteiger partial charge in [0.2, 0.25) is 5.95 Å². The molecule has 2 aliphatic rings. The first-order chi connectivity index (χ1) is 12.6. The van der Waals surface area contributed by atoms with E-state index in [2.05, 4.69) is 40.5 Å². The quantitative estimate of drug-likeness (QED) is 0.895. The molecule has 2 aromatic rings. The van der Waals surface area contributed by atoms with E-state index in [4.69, 9.17) is 9.97 Å². The van der Waals surface area contributed by atoms with Crippen molar-refractivity contribution in [2.75, 3.05) is 23.3 Å². The number of nitrogens with zero attached hydrogens (tertiary/aromatic N) is 5. The van der Waals surface area contributed by atoms with Crippen LogP contribution < -0.4 is 10.2 Å². The lowest BCUT2D eigenvalue weighted by molar-refractivity contribution is 0.353. The van der Waals surface area contributed by atoms with Crippen LogP contribution in [0.2, 0.25) is 0 Å². The van der Waals surface area contributed by atoms with Crippen LogP contribution in [0.3, 0.4) is 0 Å².